The highest BCUT2D eigenvalue weighted by Crippen LogP contribution is 2.14. The second-order valence-corrected chi connectivity index (χ2v) is 2.59. The van der Waals surface area contributed by atoms with Crippen LogP contribution in [0.4, 0.5) is 13.2 Å². The molecule has 0 fully saturated rings. The van der Waals surface area contributed by atoms with E-state index in [0.29, 0.717) is 5.56 Å². The minimum atomic E-state index is -5.08. The smallest absolute Gasteiger partial charge is 0.490 e. The van der Waals surface area contributed by atoms with Crippen LogP contribution in [-0.4, -0.2) is 27.5 Å². The van der Waals surface area contributed by atoms with E-state index in [1.165, 1.54) is 0 Å². The van der Waals surface area contributed by atoms with E-state index < -0.39 is 12.1 Å². The lowest BCUT2D eigenvalue weighted by Gasteiger charge is -1.96. The third-order valence-corrected chi connectivity index (χ3v) is 1.40. The van der Waals surface area contributed by atoms with Crippen LogP contribution in [-0.2, 0) is 11.4 Å². The van der Waals surface area contributed by atoms with Gasteiger partial charge in [0.25, 0.3) is 0 Å². The molecule has 1 aromatic carbocycles. The van der Waals surface area contributed by atoms with Gasteiger partial charge in [-0.2, -0.15) is 13.2 Å². The molecule has 3 N–H and O–H groups in total. The van der Waals surface area contributed by atoms with Gasteiger partial charge >= 0.3 is 12.1 Å². The van der Waals surface area contributed by atoms with Crippen molar-refractivity contribution in [3.05, 3.63) is 29.8 Å². The molecule has 90 valence electrons. The number of benzene rings is 1. The van der Waals surface area contributed by atoms with Gasteiger partial charge in [0.1, 0.15) is 5.75 Å². The summed E-state index contributed by atoms with van der Waals surface area (Å²) < 4.78 is 31.7. The molecule has 0 saturated heterocycles. The molecular weight excluding hydrogens is 229 g/mol. The number of carboxylic acids is 1. The number of aliphatic hydroxyl groups excluding tert-OH is 1. The zero-order valence-corrected chi connectivity index (χ0v) is 7.90. The second kappa shape index (κ2) is 5.96. The summed E-state index contributed by atoms with van der Waals surface area (Å²) in [6.07, 6.45) is -5.08. The van der Waals surface area contributed by atoms with E-state index in [9.17, 15) is 13.2 Å². The van der Waals surface area contributed by atoms with Gasteiger partial charge in [-0.1, -0.05) is 18.2 Å². The quantitative estimate of drug-likeness (QED) is 0.693. The van der Waals surface area contributed by atoms with Crippen LogP contribution in [0.1, 0.15) is 5.56 Å². The molecule has 0 radical (unpaired) electrons. The van der Waals surface area contributed by atoms with Gasteiger partial charge < -0.3 is 15.3 Å². The second-order valence-electron chi connectivity index (χ2n) is 2.59. The number of para-hydroxylation sites is 1. The highest BCUT2D eigenvalue weighted by Gasteiger charge is 2.38. The van der Waals surface area contributed by atoms with E-state index in [1.807, 2.05) is 0 Å². The van der Waals surface area contributed by atoms with Gasteiger partial charge in [0.05, 0.1) is 6.61 Å². The normalized spacial score (nSPS) is 10.2. The topological polar surface area (TPSA) is 77.8 Å². The summed E-state index contributed by atoms with van der Waals surface area (Å²) >= 11 is 0. The van der Waals surface area contributed by atoms with Crippen molar-refractivity contribution in [2.75, 3.05) is 0 Å². The lowest BCUT2D eigenvalue weighted by molar-refractivity contribution is -0.192. The molecule has 0 aliphatic carbocycles. The maximum atomic E-state index is 10.6. The molecule has 1 aromatic rings. The standard InChI is InChI=1S/C7H8O2.C2HF3O2/c8-5-6-3-1-2-4-7(6)9;3-2(4,5)1(6)7/h1-4,8-9H,5H2;(H,6,7). The van der Waals surface area contributed by atoms with Gasteiger partial charge in [-0.3, -0.25) is 0 Å². The molecule has 0 atom stereocenters. The molecule has 1 rings (SSSR count). The van der Waals surface area contributed by atoms with Crippen LogP contribution in [0.25, 0.3) is 0 Å². The largest absolute Gasteiger partial charge is 0.508 e. The van der Waals surface area contributed by atoms with E-state index in [2.05, 4.69) is 0 Å². The Kier molecular flexibility index (Phi) is 5.31. The lowest BCUT2D eigenvalue weighted by atomic mass is 10.2. The fraction of sp³-hybridized carbons (Fsp3) is 0.222. The molecule has 0 bridgehead atoms. The minimum absolute atomic E-state index is 0.104. The van der Waals surface area contributed by atoms with Crippen LogP contribution in [0.2, 0.25) is 0 Å². The predicted molar refractivity (Wildman–Crippen MR) is 47.7 cm³/mol. The SMILES string of the molecule is O=C(O)C(F)(F)F.OCc1ccccc1O. The number of aliphatic hydroxyl groups is 1. The number of rotatable bonds is 1. The summed E-state index contributed by atoms with van der Waals surface area (Å²) in [4.78, 5) is 8.90. The van der Waals surface area contributed by atoms with Crippen molar-refractivity contribution in [3.8, 4) is 5.75 Å². The van der Waals surface area contributed by atoms with E-state index in [4.69, 9.17) is 20.1 Å². The molecule has 0 aliphatic rings. The maximum Gasteiger partial charge on any atom is 0.490 e. The van der Waals surface area contributed by atoms with Crippen LogP contribution in [0, 0.1) is 0 Å². The zero-order valence-electron chi connectivity index (χ0n) is 7.90. The van der Waals surface area contributed by atoms with E-state index in [-0.39, 0.29) is 12.4 Å². The number of hydrogen-bond donors (Lipinski definition) is 3. The van der Waals surface area contributed by atoms with Crippen molar-refractivity contribution in [2.24, 2.45) is 0 Å². The summed E-state index contributed by atoms with van der Waals surface area (Å²) in [7, 11) is 0. The Hall–Kier alpha value is -1.76. The Bertz CT molecular complexity index is 349. The fourth-order valence-electron chi connectivity index (χ4n) is 0.645. The average molecular weight is 238 g/mol. The Morgan fingerprint density at radius 2 is 1.69 bits per heavy atom. The van der Waals surface area contributed by atoms with Gasteiger partial charge in [0, 0.05) is 5.56 Å². The van der Waals surface area contributed by atoms with E-state index in [0.717, 1.165) is 0 Å². The number of aromatic hydroxyl groups is 1. The molecular formula is C9H9F3O4. The van der Waals surface area contributed by atoms with Crippen LogP contribution in [0.3, 0.4) is 0 Å². The van der Waals surface area contributed by atoms with Crippen molar-refractivity contribution in [1.82, 2.24) is 0 Å². The molecule has 0 amide bonds. The molecule has 0 saturated carbocycles. The number of halogens is 3. The Morgan fingerprint density at radius 3 is 1.94 bits per heavy atom. The predicted octanol–water partition coefficient (Wildman–Crippen LogP) is 1.52. The van der Waals surface area contributed by atoms with Gasteiger partial charge in [0.15, 0.2) is 0 Å². The van der Waals surface area contributed by atoms with Gasteiger partial charge in [-0.25, -0.2) is 4.79 Å². The first-order chi connectivity index (χ1) is 7.29. The Balaban J connectivity index is 0.000000293. The lowest BCUT2D eigenvalue weighted by Crippen LogP contribution is -2.21. The van der Waals surface area contributed by atoms with Crippen molar-refractivity contribution in [1.29, 1.82) is 0 Å². The molecule has 0 spiro atoms. The Labute approximate surface area is 88.6 Å². The van der Waals surface area contributed by atoms with Crippen molar-refractivity contribution in [3.63, 3.8) is 0 Å². The summed E-state index contributed by atoms with van der Waals surface area (Å²) in [6, 6.07) is 6.71. The summed E-state index contributed by atoms with van der Waals surface area (Å²) in [5.41, 5.74) is 0.567. The van der Waals surface area contributed by atoms with E-state index >= 15 is 0 Å². The van der Waals surface area contributed by atoms with E-state index in [1.54, 1.807) is 24.3 Å². The third-order valence-electron chi connectivity index (χ3n) is 1.40. The van der Waals surface area contributed by atoms with Crippen LogP contribution < -0.4 is 0 Å². The summed E-state index contributed by atoms with van der Waals surface area (Å²) in [5, 5.41) is 24.6. The molecule has 7 heteroatoms. The highest BCUT2D eigenvalue weighted by molar-refractivity contribution is 5.73. The van der Waals surface area contributed by atoms with Crippen LogP contribution in [0.5, 0.6) is 5.75 Å². The van der Waals surface area contributed by atoms with Crippen LogP contribution in [0.15, 0.2) is 24.3 Å². The maximum absolute atomic E-state index is 10.6. The molecule has 0 aromatic heterocycles. The minimum Gasteiger partial charge on any atom is -0.508 e. The van der Waals surface area contributed by atoms with Gasteiger partial charge in [-0.15, -0.1) is 0 Å². The number of carbonyl (C=O) groups is 1. The first-order valence-electron chi connectivity index (χ1n) is 3.97. The average Bonchev–Trinajstić information content (AvgIpc) is 2.18. The summed E-state index contributed by atoms with van der Waals surface area (Å²) in [5.74, 6) is -2.60. The number of alkyl halides is 3. The molecule has 16 heavy (non-hydrogen) atoms. The monoisotopic (exact) mass is 238 g/mol. The Morgan fingerprint density at radius 1 is 1.25 bits per heavy atom. The summed E-state index contributed by atoms with van der Waals surface area (Å²) in [6.45, 7) is -0.104. The van der Waals surface area contributed by atoms with Gasteiger partial charge in [-0.05, 0) is 6.07 Å². The third kappa shape index (κ3) is 5.20. The van der Waals surface area contributed by atoms with Crippen molar-refractivity contribution in [2.45, 2.75) is 12.8 Å². The van der Waals surface area contributed by atoms with Crippen molar-refractivity contribution < 1.29 is 33.3 Å². The molecule has 4 nitrogen and oxygen atoms in total. The first-order valence-corrected chi connectivity index (χ1v) is 3.97. The molecule has 0 heterocycles. The number of carboxylic acid groups (broad SMARTS) is 1. The van der Waals surface area contributed by atoms with Gasteiger partial charge in [0.2, 0.25) is 0 Å². The molecule has 0 unspecified atom stereocenters. The number of hydrogen-bond acceptors (Lipinski definition) is 3. The fourth-order valence-corrected chi connectivity index (χ4v) is 0.645. The zero-order chi connectivity index (χ0) is 12.8. The highest BCUT2D eigenvalue weighted by atomic mass is 19.4. The number of phenols is 1. The number of aliphatic carboxylic acids is 1. The first kappa shape index (κ1) is 14.2. The van der Waals surface area contributed by atoms with Crippen molar-refractivity contribution >= 4 is 5.97 Å². The van der Waals surface area contributed by atoms with Crippen LogP contribution >= 0.6 is 0 Å². The molecule has 0 aliphatic heterocycles.